The summed E-state index contributed by atoms with van der Waals surface area (Å²) < 4.78 is 25.9. The van der Waals surface area contributed by atoms with E-state index in [-0.39, 0.29) is 23.5 Å². The number of primary amides is 1. The van der Waals surface area contributed by atoms with E-state index in [1.54, 1.807) is 4.90 Å². The SMILES string of the molecule is NC(=O)[C@@H]1CCCN(C(=O)CSc2ccc(F)c(F)c2)C1. The van der Waals surface area contributed by atoms with Gasteiger partial charge in [-0.15, -0.1) is 11.8 Å². The minimum atomic E-state index is -0.931. The molecule has 1 aromatic rings. The third-order valence-electron chi connectivity index (χ3n) is 3.43. The summed E-state index contributed by atoms with van der Waals surface area (Å²) in [5.74, 6) is -2.53. The van der Waals surface area contributed by atoms with Crippen LogP contribution in [0.2, 0.25) is 0 Å². The lowest BCUT2D eigenvalue weighted by Gasteiger charge is -2.31. The normalized spacial score (nSPS) is 18.6. The van der Waals surface area contributed by atoms with Gasteiger partial charge in [0.1, 0.15) is 0 Å². The van der Waals surface area contributed by atoms with Crippen LogP contribution in [0.5, 0.6) is 0 Å². The fourth-order valence-electron chi connectivity index (χ4n) is 2.24. The van der Waals surface area contributed by atoms with Crippen molar-refractivity contribution >= 4 is 23.6 Å². The van der Waals surface area contributed by atoms with Gasteiger partial charge >= 0.3 is 0 Å². The van der Waals surface area contributed by atoms with E-state index in [0.717, 1.165) is 30.3 Å². The molecular weight excluding hydrogens is 298 g/mol. The van der Waals surface area contributed by atoms with Gasteiger partial charge in [-0.25, -0.2) is 8.78 Å². The van der Waals surface area contributed by atoms with Crippen molar-refractivity contribution in [3.05, 3.63) is 29.8 Å². The number of carbonyl (C=O) groups is 2. The average Bonchev–Trinajstić information content (AvgIpc) is 2.48. The van der Waals surface area contributed by atoms with Crippen LogP contribution >= 0.6 is 11.8 Å². The monoisotopic (exact) mass is 314 g/mol. The van der Waals surface area contributed by atoms with Crippen LogP contribution in [0.3, 0.4) is 0 Å². The minimum Gasteiger partial charge on any atom is -0.369 e. The van der Waals surface area contributed by atoms with Crippen LogP contribution in [0, 0.1) is 17.6 Å². The number of amides is 2. The van der Waals surface area contributed by atoms with Crippen LogP contribution in [-0.4, -0.2) is 35.6 Å². The summed E-state index contributed by atoms with van der Waals surface area (Å²) in [6.45, 7) is 0.938. The number of hydrogen-bond donors (Lipinski definition) is 1. The zero-order valence-corrected chi connectivity index (χ0v) is 12.2. The lowest BCUT2D eigenvalue weighted by Crippen LogP contribution is -2.44. The highest BCUT2D eigenvalue weighted by molar-refractivity contribution is 8.00. The van der Waals surface area contributed by atoms with Crippen LogP contribution in [0.15, 0.2) is 23.1 Å². The van der Waals surface area contributed by atoms with Crippen LogP contribution in [0.25, 0.3) is 0 Å². The summed E-state index contributed by atoms with van der Waals surface area (Å²) in [7, 11) is 0. The number of halogens is 2. The van der Waals surface area contributed by atoms with Crippen molar-refractivity contribution in [1.82, 2.24) is 4.90 Å². The molecule has 1 atom stereocenters. The van der Waals surface area contributed by atoms with Crippen molar-refractivity contribution in [2.45, 2.75) is 17.7 Å². The second kappa shape index (κ2) is 6.89. The zero-order chi connectivity index (χ0) is 15.4. The molecule has 4 nitrogen and oxygen atoms in total. The molecule has 1 aromatic carbocycles. The van der Waals surface area contributed by atoms with Crippen molar-refractivity contribution in [1.29, 1.82) is 0 Å². The van der Waals surface area contributed by atoms with Gasteiger partial charge in [0.25, 0.3) is 0 Å². The van der Waals surface area contributed by atoms with Gasteiger partial charge in [-0.2, -0.15) is 0 Å². The van der Waals surface area contributed by atoms with Gasteiger partial charge in [0, 0.05) is 18.0 Å². The molecule has 0 unspecified atom stereocenters. The van der Waals surface area contributed by atoms with Crippen molar-refractivity contribution < 1.29 is 18.4 Å². The summed E-state index contributed by atoms with van der Waals surface area (Å²) in [6, 6.07) is 3.53. The van der Waals surface area contributed by atoms with Crippen molar-refractivity contribution in [3.63, 3.8) is 0 Å². The molecule has 0 bridgehead atoms. The Bertz CT molecular complexity index is 554. The first kappa shape index (κ1) is 15.8. The highest BCUT2D eigenvalue weighted by Gasteiger charge is 2.26. The van der Waals surface area contributed by atoms with Gasteiger partial charge in [-0.05, 0) is 31.0 Å². The molecule has 2 rings (SSSR count). The lowest BCUT2D eigenvalue weighted by atomic mass is 9.97. The average molecular weight is 314 g/mol. The van der Waals surface area contributed by atoms with Crippen molar-refractivity contribution in [2.75, 3.05) is 18.8 Å². The van der Waals surface area contributed by atoms with Gasteiger partial charge in [-0.3, -0.25) is 9.59 Å². The summed E-state index contributed by atoms with van der Waals surface area (Å²) in [5, 5.41) is 0. The number of piperidine rings is 1. The topological polar surface area (TPSA) is 63.4 Å². The second-order valence-electron chi connectivity index (χ2n) is 4.95. The number of rotatable bonds is 4. The maximum absolute atomic E-state index is 13.1. The first-order chi connectivity index (χ1) is 9.97. The molecule has 2 N–H and O–H groups in total. The van der Waals surface area contributed by atoms with Gasteiger partial charge in [0.2, 0.25) is 11.8 Å². The smallest absolute Gasteiger partial charge is 0.232 e. The van der Waals surface area contributed by atoms with Crippen LogP contribution < -0.4 is 5.73 Å². The molecule has 114 valence electrons. The number of carbonyl (C=O) groups excluding carboxylic acids is 2. The summed E-state index contributed by atoms with van der Waals surface area (Å²) in [5.41, 5.74) is 5.27. The van der Waals surface area contributed by atoms with Crippen LogP contribution in [0.4, 0.5) is 8.78 Å². The summed E-state index contributed by atoms with van der Waals surface area (Å²) in [4.78, 5) is 25.3. The molecule has 1 fully saturated rings. The maximum atomic E-state index is 13.1. The lowest BCUT2D eigenvalue weighted by molar-refractivity contribution is -0.132. The summed E-state index contributed by atoms with van der Waals surface area (Å²) in [6.07, 6.45) is 1.45. The molecule has 1 aliphatic heterocycles. The molecule has 1 saturated heterocycles. The second-order valence-corrected chi connectivity index (χ2v) is 5.99. The fourth-order valence-corrected chi connectivity index (χ4v) is 3.06. The Morgan fingerprint density at radius 1 is 1.33 bits per heavy atom. The standard InChI is InChI=1S/C14H16F2N2O2S/c15-11-4-3-10(6-12(11)16)21-8-13(19)18-5-1-2-9(7-18)14(17)20/h3-4,6,9H,1-2,5,7-8H2,(H2,17,20)/t9-/m1/s1. The molecule has 1 aliphatic rings. The van der Waals surface area contributed by atoms with Gasteiger partial charge < -0.3 is 10.6 Å². The van der Waals surface area contributed by atoms with Crippen LogP contribution in [-0.2, 0) is 9.59 Å². The van der Waals surface area contributed by atoms with Gasteiger partial charge in [0.15, 0.2) is 11.6 Å². The highest BCUT2D eigenvalue weighted by Crippen LogP contribution is 2.22. The molecule has 0 saturated carbocycles. The van der Waals surface area contributed by atoms with E-state index < -0.39 is 11.6 Å². The Morgan fingerprint density at radius 2 is 2.10 bits per heavy atom. The third-order valence-corrected chi connectivity index (χ3v) is 4.41. The quantitative estimate of drug-likeness (QED) is 0.862. The molecule has 7 heteroatoms. The number of benzene rings is 1. The largest absolute Gasteiger partial charge is 0.369 e. The van der Waals surface area contributed by atoms with E-state index >= 15 is 0 Å². The minimum absolute atomic E-state index is 0.122. The predicted molar refractivity (Wildman–Crippen MR) is 75.6 cm³/mol. The Hall–Kier alpha value is -1.63. The Morgan fingerprint density at radius 3 is 2.76 bits per heavy atom. The van der Waals surface area contributed by atoms with Gasteiger partial charge in [0.05, 0.1) is 11.7 Å². The molecule has 1 heterocycles. The molecule has 0 radical (unpaired) electrons. The Kier molecular flexibility index (Phi) is 5.17. The van der Waals surface area contributed by atoms with E-state index in [9.17, 15) is 18.4 Å². The molecule has 0 spiro atoms. The molecule has 0 aliphatic carbocycles. The van der Waals surface area contributed by atoms with Gasteiger partial charge in [-0.1, -0.05) is 0 Å². The van der Waals surface area contributed by atoms with E-state index in [1.165, 1.54) is 6.07 Å². The Labute approximate surface area is 125 Å². The summed E-state index contributed by atoms with van der Waals surface area (Å²) >= 11 is 1.14. The first-order valence-corrected chi connectivity index (χ1v) is 7.61. The number of nitrogens with two attached hydrogens (primary N) is 1. The Balaban J connectivity index is 1.89. The zero-order valence-electron chi connectivity index (χ0n) is 11.4. The van der Waals surface area contributed by atoms with Crippen LogP contribution in [0.1, 0.15) is 12.8 Å². The first-order valence-electron chi connectivity index (χ1n) is 6.62. The van der Waals surface area contributed by atoms with E-state index in [4.69, 9.17) is 5.73 Å². The van der Waals surface area contributed by atoms with Crippen molar-refractivity contribution in [2.24, 2.45) is 11.7 Å². The molecule has 2 amide bonds. The predicted octanol–water partition coefficient (Wildman–Crippen LogP) is 1.78. The number of likely N-dealkylation sites (tertiary alicyclic amines) is 1. The number of nitrogens with zero attached hydrogens (tertiary/aromatic N) is 1. The van der Waals surface area contributed by atoms with E-state index in [1.807, 2.05) is 0 Å². The third kappa shape index (κ3) is 4.17. The number of hydrogen-bond acceptors (Lipinski definition) is 3. The highest BCUT2D eigenvalue weighted by atomic mass is 32.2. The number of thioether (sulfide) groups is 1. The fraction of sp³-hybridized carbons (Fsp3) is 0.429. The van der Waals surface area contributed by atoms with E-state index in [0.29, 0.717) is 24.4 Å². The molecule has 21 heavy (non-hydrogen) atoms. The maximum Gasteiger partial charge on any atom is 0.232 e. The molecule has 0 aromatic heterocycles. The van der Waals surface area contributed by atoms with E-state index in [2.05, 4.69) is 0 Å². The molecular formula is C14H16F2N2O2S. The van der Waals surface area contributed by atoms with Crippen molar-refractivity contribution in [3.8, 4) is 0 Å².